The number of carbonyl (C=O) groups excluding carboxylic acids is 1. The van der Waals surface area contributed by atoms with Gasteiger partial charge in [-0.15, -0.1) is 0 Å². The van der Waals surface area contributed by atoms with E-state index in [1.165, 1.54) is 6.33 Å². The van der Waals surface area contributed by atoms with E-state index in [4.69, 9.17) is 4.74 Å². The molecule has 1 N–H and O–H groups in total. The third-order valence-corrected chi connectivity index (χ3v) is 2.21. The van der Waals surface area contributed by atoms with Crippen LogP contribution in [0.1, 0.15) is 5.69 Å². The van der Waals surface area contributed by atoms with Gasteiger partial charge in [0.25, 0.3) is 0 Å². The van der Waals surface area contributed by atoms with Gasteiger partial charge >= 0.3 is 0 Å². The lowest BCUT2D eigenvalue weighted by Gasteiger charge is -2.16. The zero-order chi connectivity index (χ0) is 12.5. The molecule has 0 fully saturated rings. The number of aryl methyl sites for hydroxylation is 1. The van der Waals surface area contributed by atoms with Crippen molar-refractivity contribution in [3.8, 4) is 5.88 Å². The molecule has 0 bridgehead atoms. The summed E-state index contributed by atoms with van der Waals surface area (Å²) < 4.78 is 5.43. The van der Waals surface area contributed by atoms with Gasteiger partial charge < -0.3 is 15.0 Å². The average Bonchev–Trinajstić information content (AvgIpc) is 2.33. The Kier molecular flexibility index (Phi) is 5.95. The monoisotopic (exact) mass is 238 g/mol. The van der Waals surface area contributed by atoms with Crippen LogP contribution in [0.25, 0.3) is 0 Å². The minimum Gasteiger partial charge on any atom is -0.476 e. The average molecular weight is 238 g/mol. The highest BCUT2D eigenvalue weighted by Crippen LogP contribution is 2.05. The Bertz CT molecular complexity index is 346. The third-order valence-electron chi connectivity index (χ3n) is 2.21. The van der Waals surface area contributed by atoms with Gasteiger partial charge in [-0.05, 0) is 14.0 Å². The predicted octanol–water partition coefficient (Wildman–Crippen LogP) is -0.158. The Morgan fingerprint density at radius 1 is 1.47 bits per heavy atom. The van der Waals surface area contributed by atoms with Crippen LogP contribution in [0.3, 0.4) is 0 Å². The van der Waals surface area contributed by atoms with Crippen molar-refractivity contribution in [1.82, 2.24) is 20.2 Å². The molecular formula is C11H18N4O2. The topological polar surface area (TPSA) is 67.4 Å². The second-order valence-electron chi connectivity index (χ2n) is 3.59. The number of aromatic nitrogens is 2. The van der Waals surface area contributed by atoms with Crippen molar-refractivity contribution in [2.24, 2.45) is 0 Å². The van der Waals surface area contributed by atoms with Crippen molar-refractivity contribution in [2.75, 3.05) is 33.3 Å². The van der Waals surface area contributed by atoms with Crippen molar-refractivity contribution >= 4 is 6.41 Å². The summed E-state index contributed by atoms with van der Waals surface area (Å²) in [7, 11) is 1.85. The van der Waals surface area contributed by atoms with Gasteiger partial charge in [-0.25, -0.2) is 9.97 Å². The fraction of sp³-hybridized carbons (Fsp3) is 0.545. The van der Waals surface area contributed by atoms with Crippen LogP contribution in [-0.4, -0.2) is 54.6 Å². The predicted molar refractivity (Wildman–Crippen MR) is 63.8 cm³/mol. The molecular weight excluding hydrogens is 220 g/mol. The van der Waals surface area contributed by atoms with Crippen LogP contribution in [-0.2, 0) is 4.79 Å². The molecule has 1 heterocycles. The molecule has 0 aliphatic rings. The number of hydrogen-bond acceptors (Lipinski definition) is 5. The minimum absolute atomic E-state index is 0.429. The van der Waals surface area contributed by atoms with Gasteiger partial charge in [0.05, 0.1) is 6.54 Å². The highest BCUT2D eigenvalue weighted by molar-refractivity contribution is 5.46. The summed E-state index contributed by atoms with van der Waals surface area (Å²) in [5.41, 5.74) is 0.859. The summed E-state index contributed by atoms with van der Waals surface area (Å²) in [4.78, 5) is 20.3. The van der Waals surface area contributed by atoms with Gasteiger partial charge in [-0.1, -0.05) is 0 Å². The van der Waals surface area contributed by atoms with Gasteiger partial charge in [0, 0.05) is 24.8 Å². The Hall–Kier alpha value is -1.69. The molecule has 1 aromatic heterocycles. The molecule has 0 atom stereocenters. The molecule has 0 aliphatic carbocycles. The number of rotatable bonds is 8. The van der Waals surface area contributed by atoms with Crippen LogP contribution in [0.2, 0.25) is 0 Å². The molecule has 0 saturated heterocycles. The normalized spacial score (nSPS) is 10.0. The molecule has 0 aliphatic heterocycles. The number of ether oxygens (including phenoxy) is 1. The quantitative estimate of drug-likeness (QED) is 0.637. The minimum atomic E-state index is 0.429. The van der Waals surface area contributed by atoms with E-state index in [2.05, 4.69) is 15.3 Å². The SMILES string of the molecule is CNCCN(C=O)CCOc1cc(C)ncn1. The molecule has 1 rings (SSSR count). The van der Waals surface area contributed by atoms with E-state index < -0.39 is 0 Å². The summed E-state index contributed by atoms with van der Waals surface area (Å²) in [5.74, 6) is 0.539. The Labute approximate surface area is 101 Å². The maximum atomic E-state index is 10.7. The zero-order valence-corrected chi connectivity index (χ0v) is 10.2. The first-order chi connectivity index (χ1) is 8.26. The highest BCUT2D eigenvalue weighted by Gasteiger charge is 2.02. The number of nitrogens with zero attached hydrogens (tertiary/aromatic N) is 3. The Morgan fingerprint density at radius 3 is 2.94 bits per heavy atom. The van der Waals surface area contributed by atoms with E-state index in [-0.39, 0.29) is 0 Å². The molecule has 94 valence electrons. The first kappa shape index (κ1) is 13.4. The van der Waals surface area contributed by atoms with Gasteiger partial charge in [-0.2, -0.15) is 0 Å². The van der Waals surface area contributed by atoms with E-state index in [9.17, 15) is 4.79 Å². The molecule has 1 aromatic rings. The third kappa shape index (κ3) is 5.26. The molecule has 6 heteroatoms. The lowest BCUT2D eigenvalue weighted by atomic mass is 10.4. The molecule has 0 unspecified atom stereocenters. The van der Waals surface area contributed by atoms with Crippen molar-refractivity contribution in [3.63, 3.8) is 0 Å². The summed E-state index contributed by atoms with van der Waals surface area (Å²) >= 11 is 0. The summed E-state index contributed by atoms with van der Waals surface area (Å²) in [6, 6.07) is 1.76. The molecule has 0 aromatic carbocycles. The van der Waals surface area contributed by atoms with Crippen LogP contribution in [0.5, 0.6) is 5.88 Å². The van der Waals surface area contributed by atoms with Crippen LogP contribution in [0.15, 0.2) is 12.4 Å². The van der Waals surface area contributed by atoms with E-state index in [1.807, 2.05) is 14.0 Å². The van der Waals surface area contributed by atoms with Gasteiger partial charge in [0.15, 0.2) is 0 Å². The van der Waals surface area contributed by atoms with E-state index in [1.54, 1.807) is 11.0 Å². The number of likely N-dealkylation sites (N-methyl/N-ethyl adjacent to an activating group) is 1. The zero-order valence-electron chi connectivity index (χ0n) is 10.2. The molecule has 0 radical (unpaired) electrons. The summed E-state index contributed by atoms with van der Waals surface area (Å²) in [5, 5.41) is 2.99. The fourth-order valence-electron chi connectivity index (χ4n) is 1.25. The van der Waals surface area contributed by atoms with Crippen molar-refractivity contribution in [2.45, 2.75) is 6.92 Å². The standard InChI is InChI=1S/C11H18N4O2/c1-10-7-11(14-8-13-10)17-6-5-15(9-16)4-3-12-2/h7-9,12H,3-6H2,1-2H3. The Morgan fingerprint density at radius 2 is 2.29 bits per heavy atom. The largest absolute Gasteiger partial charge is 0.476 e. The Balaban J connectivity index is 2.28. The first-order valence-electron chi connectivity index (χ1n) is 5.51. The van der Waals surface area contributed by atoms with Gasteiger partial charge in [0.2, 0.25) is 12.3 Å². The highest BCUT2D eigenvalue weighted by atomic mass is 16.5. The van der Waals surface area contributed by atoms with E-state index >= 15 is 0 Å². The number of hydrogen-bond donors (Lipinski definition) is 1. The lowest BCUT2D eigenvalue weighted by Crippen LogP contribution is -2.33. The maximum Gasteiger partial charge on any atom is 0.216 e. The number of carbonyl (C=O) groups is 1. The number of nitrogens with one attached hydrogen (secondary N) is 1. The lowest BCUT2D eigenvalue weighted by molar-refractivity contribution is -0.118. The van der Waals surface area contributed by atoms with Crippen LogP contribution >= 0.6 is 0 Å². The van der Waals surface area contributed by atoms with Gasteiger partial charge in [0.1, 0.15) is 12.9 Å². The van der Waals surface area contributed by atoms with E-state index in [0.29, 0.717) is 25.6 Å². The van der Waals surface area contributed by atoms with Crippen molar-refractivity contribution < 1.29 is 9.53 Å². The smallest absolute Gasteiger partial charge is 0.216 e. The maximum absolute atomic E-state index is 10.7. The van der Waals surface area contributed by atoms with Crippen molar-refractivity contribution in [3.05, 3.63) is 18.1 Å². The molecule has 1 amide bonds. The summed E-state index contributed by atoms with van der Waals surface area (Å²) in [6.45, 7) is 4.30. The number of amides is 1. The second kappa shape index (κ2) is 7.56. The van der Waals surface area contributed by atoms with E-state index in [0.717, 1.165) is 18.6 Å². The first-order valence-corrected chi connectivity index (χ1v) is 5.51. The second-order valence-corrected chi connectivity index (χ2v) is 3.59. The molecule has 0 spiro atoms. The van der Waals surface area contributed by atoms with Crippen molar-refractivity contribution in [1.29, 1.82) is 0 Å². The van der Waals surface area contributed by atoms with Crippen LogP contribution < -0.4 is 10.1 Å². The molecule has 0 saturated carbocycles. The fourth-order valence-corrected chi connectivity index (χ4v) is 1.25. The molecule has 6 nitrogen and oxygen atoms in total. The van der Waals surface area contributed by atoms with Crippen LogP contribution in [0.4, 0.5) is 0 Å². The van der Waals surface area contributed by atoms with Crippen LogP contribution in [0, 0.1) is 6.92 Å². The molecule has 17 heavy (non-hydrogen) atoms. The van der Waals surface area contributed by atoms with Gasteiger partial charge in [-0.3, -0.25) is 4.79 Å². The summed E-state index contributed by atoms with van der Waals surface area (Å²) in [6.07, 6.45) is 2.29.